The van der Waals surface area contributed by atoms with Gasteiger partial charge in [-0.3, -0.25) is 4.79 Å². The second-order valence-corrected chi connectivity index (χ2v) is 7.49. The molecule has 1 aromatic heterocycles. The van der Waals surface area contributed by atoms with E-state index < -0.39 is 5.92 Å². The van der Waals surface area contributed by atoms with E-state index in [1.165, 1.54) is 31.2 Å². The van der Waals surface area contributed by atoms with Crippen molar-refractivity contribution in [2.75, 3.05) is 0 Å². The molecule has 0 amide bonds. The maximum atomic E-state index is 13.8. The Kier molecular flexibility index (Phi) is 4.84. The van der Waals surface area contributed by atoms with Crippen LogP contribution in [0.4, 0.5) is 8.78 Å². The number of aromatic hydroxyl groups is 1. The molecule has 1 N–H and O–H groups in total. The normalized spacial score (nSPS) is 11.8. The Morgan fingerprint density at radius 1 is 1.21 bits per heavy atom. The van der Waals surface area contributed by atoms with Crippen LogP contribution < -0.4 is 0 Å². The van der Waals surface area contributed by atoms with Crippen molar-refractivity contribution in [3.63, 3.8) is 0 Å². The topological polar surface area (TPSA) is 42.2 Å². The van der Waals surface area contributed by atoms with E-state index in [2.05, 4.69) is 6.58 Å². The monoisotopic (exact) mass is 403 g/mol. The summed E-state index contributed by atoms with van der Waals surface area (Å²) < 4.78 is 29.4. The summed E-state index contributed by atoms with van der Waals surface area (Å²) in [5.41, 5.74) is 2.77. The van der Waals surface area contributed by atoms with Crippen LogP contribution in [0.25, 0.3) is 16.6 Å². The van der Waals surface area contributed by atoms with Crippen molar-refractivity contribution < 1.29 is 18.7 Å². The molecule has 0 atom stereocenters. The van der Waals surface area contributed by atoms with Gasteiger partial charge in [0.15, 0.2) is 5.78 Å². The molecule has 0 saturated heterocycles. The number of carbonyl (C=O) groups excluding carboxylic acids is 1. The molecule has 1 heterocycles. The van der Waals surface area contributed by atoms with Crippen LogP contribution in [-0.2, 0) is 5.92 Å². The minimum Gasteiger partial charge on any atom is -0.506 e. The first-order valence-corrected chi connectivity index (χ1v) is 9.04. The lowest BCUT2D eigenvalue weighted by Crippen LogP contribution is -2.08. The van der Waals surface area contributed by atoms with Gasteiger partial charge in [-0.15, -0.1) is 0 Å². The molecule has 146 valence electrons. The Hall–Kier alpha value is -2.66. The van der Waals surface area contributed by atoms with E-state index >= 15 is 0 Å². The summed E-state index contributed by atoms with van der Waals surface area (Å²) in [6, 6.07) is 5.89. The average Bonchev–Trinajstić information content (AvgIpc) is 2.91. The van der Waals surface area contributed by atoms with Crippen molar-refractivity contribution in [1.29, 1.82) is 0 Å². The van der Waals surface area contributed by atoms with Crippen LogP contribution in [0.3, 0.4) is 0 Å². The van der Waals surface area contributed by atoms with Gasteiger partial charge in [0.25, 0.3) is 5.92 Å². The summed E-state index contributed by atoms with van der Waals surface area (Å²) in [4.78, 5) is 11.8. The average molecular weight is 404 g/mol. The predicted octanol–water partition coefficient (Wildman–Crippen LogP) is 6.45. The lowest BCUT2D eigenvalue weighted by molar-refractivity contribution is 0.0175. The van der Waals surface area contributed by atoms with E-state index in [-0.39, 0.29) is 33.2 Å². The number of nitrogens with zero attached hydrogens (tertiary/aromatic N) is 1. The van der Waals surface area contributed by atoms with Gasteiger partial charge in [-0.2, -0.15) is 0 Å². The fourth-order valence-electron chi connectivity index (χ4n) is 3.44. The molecule has 3 aromatic rings. The van der Waals surface area contributed by atoms with Crippen LogP contribution >= 0.6 is 11.6 Å². The van der Waals surface area contributed by atoms with Crippen molar-refractivity contribution in [2.45, 2.75) is 33.6 Å². The highest BCUT2D eigenvalue weighted by Crippen LogP contribution is 2.39. The molecule has 0 aliphatic rings. The molecule has 0 aliphatic heterocycles. The number of Topliss-reactive ketones (excluding diaryl/α,β-unsaturated/α-hetero) is 1. The number of hydrogen-bond acceptors (Lipinski definition) is 2. The van der Waals surface area contributed by atoms with E-state index in [4.69, 9.17) is 11.6 Å². The molecule has 0 radical (unpaired) electrons. The summed E-state index contributed by atoms with van der Waals surface area (Å²) in [7, 11) is 0. The molecule has 0 unspecified atom stereocenters. The second kappa shape index (κ2) is 6.74. The van der Waals surface area contributed by atoms with E-state index in [1.807, 2.05) is 6.92 Å². The van der Waals surface area contributed by atoms with Crippen LogP contribution in [-0.4, -0.2) is 15.5 Å². The van der Waals surface area contributed by atoms with Crippen molar-refractivity contribution in [3.8, 4) is 5.75 Å². The summed E-state index contributed by atoms with van der Waals surface area (Å²) >= 11 is 6.29. The van der Waals surface area contributed by atoms with Crippen molar-refractivity contribution >= 4 is 34.0 Å². The van der Waals surface area contributed by atoms with Gasteiger partial charge in [0.2, 0.25) is 0 Å². The van der Waals surface area contributed by atoms with Crippen LogP contribution in [0.15, 0.2) is 37.0 Å². The zero-order chi connectivity index (χ0) is 21.0. The van der Waals surface area contributed by atoms with Crippen LogP contribution in [0.2, 0.25) is 5.02 Å². The van der Waals surface area contributed by atoms with Crippen molar-refractivity contribution in [3.05, 3.63) is 69.9 Å². The van der Waals surface area contributed by atoms with Crippen LogP contribution in [0, 0.1) is 13.8 Å². The van der Waals surface area contributed by atoms with Gasteiger partial charge in [0.05, 0.1) is 27.4 Å². The third-order valence-corrected chi connectivity index (χ3v) is 5.20. The molecular weight excluding hydrogens is 384 g/mol. The first kappa shape index (κ1) is 20.1. The fraction of sp³-hybridized carbons (Fsp3) is 0.227. The molecule has 3 nitrogen and oxygen atoms in total. The largest absolute Gasteiger partial charge is 0.506 e. The minimum absolute atomic E-state index is 0.0663. The molecule has 0 bridgehead atoms. The first-order chi connectivity index (χ1) is 12.9. The first-order valence-electron chi connectivity index (χ1n) is 8.66. The summed E-state index contributed by atoms with van der Waals surface area (Å²) in [5, 5.41) is 11.5. The van der Waals surface area contributed by atoms with Gasteiger partial charge in [-0.25, -0.2) is 8.78 Å². The third-order valence-electron chi connectivity index (χ3n) is 4.88. The van der Waals surface area contributed by atoms with Crippen LogP contribution in [0.1, 0.15) is 46.5 Å². The Bertz CT molecular complexity index is 1140. The number of rotatable bonds is 4. The Balaban J connectivity index is 2.28. The number of fused-ring (bicyclic) bond motifs is 1. The van der Waals surface area contributed by atoms with Gasteiger partial charge in [0.1, 0.15) is 5.75 Å². The summed E-state index contributed by atoms with van der Waals surface area (Å²) in [6.07, 6.45) is 1.76. The number of benzene rings is 2. The van der Waals surface area contributed by atoms with Gasteiger partial charge in [-0.05, 0) is 56.2 Å². The molecule has 28 heavy (non-hydrogen) atoms. The summed E-state index contributed by atoms with van der Waals surface area (Å²) in [6.45, 7) is 9.83. The number of aryl methyl sites for hydroxylation is 2. The lowest BCUT2D eigenvalue weighted by Gasteiger charge is -2.17. The van der Waals surface area contributed by atoms with E-state index in [0.29, 0.717) is 22.2 Å². The zero-order valence-electron chi connectivity index (χ0n) is 16.0. The summed E-state index contributed by atoms with van der Waals surface area (Å²) in [5.74, 6) is -3.51. The van der Waals surface area contributed by atoms with E-state index in [0.717, 1.165) is 12.5 Å². The number of aromatic nitrogens is 1. The molecule has 6 heteroatoms. The maximum absolute atomic E-state index is 13.8. The molecule has 2 aromatic carbocycles. The smallest absolute Gasteiger partial charge is 0.270 e. The molecule has 0 spiro atoms. The van der Waals surface area contributed by atoms with E-state index in [1.54, 1.807) is 17.7 Å². The molecule has 0 aliphatic carbocycles. The highest BCUT2D eigenvalue weighted by Gasteiger charge is 2.27. The van der Waals surface area contributed by atoms with E-state index in [9.17, 15) is 18.7 Å². The highest BCUT2D eigenvalue weighted by atomic mass is 35.5. The molecule has 0 saturated carbocycles. The van der Waals surface area contributed by atoms with Gasteiger partial charge in [0, 0.05) is 24.1 Å². The zero-order valence-corrected chi connectivity index (χ0v) is 16.8. The van der Waals surface area contributed by atoms with Gasteiger partial charge >= 0.3 is 0 Å². The lowest BCUT2D eigenvalue weighted by atomic mass is 10.0. The quantitative estimate of drug-likeness (QED) is 0.508. The van der Waals surface area contributed by atoms with Crippen LogP contribution in [0.5, 0.6) is 5.75 Å². The predicted molar refractivity (Wildman–Crippen MR) is 109 cm³/mol. The molecule has 0 fully saturated rings. The number of phenols is 1. The number of alkyl halides is 2. The SMILES string of the molecule is C=C(c1c(Cl)ccc(C(C)=O)c1O)n1cc(C)c2cc(C(C)(F)F)cc(C)c21. The highest BCUT2D eigenvalue weighted by molar-refractivity contribution is 6.33. The second-order valence-electron chi connectivity index (χ2n) is 7.08. The fourth-order valence-corrected chi connectivity index (χ4v) is 3.70. The Morgan fingerprint density at radius 2 is 1.86 bits per heavy atom. The number of halogens is 3. The Labute approximate surface area is 166 Å². The van der Waals surface area contributed by atoms with Gasteiger partial charge < -0.3 is 9.67 Å². The standard InChI is InChI=1S/C22H20ClF2NO2/c1-11-8-15(22(5,24)25)9-17-12(2)10-26(20(11)17)13(3)19-18(23)7-6-16(14(4)27)21(19)28/h6-10,28H,3H2,1-2,4-5H3. The van der Waals surface area contributed by atoms with Gasteiger partial charge in [-0.1, -0.05) is 18.2 Å². The Morgan fingerprint density at radius 3 is 2.43 bits per heavy atom. The minimum atomic E-state index is -2.96. The number of carbonyl (C=O) groups is 1. The maximum Gasteiger partial charge on any atom is 0.270 e. The third kappa shape index (κ3) is 3.20. The van der Waals surface area contributed by atoms with Crippen molar-refractivity contribution in [2.24, 2.45) is 0 Å². The number of ketones is 1. The number of hydrogen-bond donors (Lipinski definition) is 1. The molecular formula is C22H20ClF2NO2. The molecule has 3 rings (SSSR count). The van der Waals surface area contributed by atoms with Crippen molar-refractivity contribution in [1.82, 2.24) is 4.57 Å². The number of phenolic OH excluding ortho intramolecular Hbond substituents is 1.